The molecule has 2 heteroatoms. The van der Waals surface area contributed by atoms with Crippen LogP contribution in [0.1, 0.15) is 0 Å². The lowest BCUT2D eigenvalue weighted by Crippen LogP contribution is -1.80. The van der Waals surface area contributed by atoms with Gasteiger partial charge in [-0.2, -0.15) is 0 Å². The fourth-order valence-electron chi connectivity index (χ4n) is 1.31. The van der Waals surface area contributed by atoms with Crippen LogP contribution in [0.5, 0.6) is 0 Å². The van der Waals surface area contributed by atoms with Gasteiger partial charge in [0.25, 0.3) is 0 Å². The minimum Gasteiger partial charge on any atom is -0.206 e. The highest BCUT2D eigenvalue weighted by atomic mass is 79.9. The summed E-state index contributed by atoms with van der Waals surface area (Å²) in [6.07, 6.45) is 0. The quantitative estimate of drug-likeness (QED) is 0.710. The predicted molar refractivity (Wildman–Crippen MR) is 59.5 cm³/mol. The first-order chi connectivity index (χ1) is 6.77. The Hall–Kier alpha value is -1.15. The summed E-state index contributed by atoms with van der Waals surface area (Å²) in [5.74, 6) is -0.232. The van der Waals surface area contributed by atoms with Crippen molar-refractivity contribution in [3.63, 3.8) is 0 Å². The van der Waals surface area contributed by atoms with Crippen LogP contribution < -0.4 is 0 Å². The van der Waals surface area contributed by atoms with Crippen molar-refractivity contribution in [3.8, 4) is 11.1 Å². The van der Waals surface area contributed by atoms with E-state index in [9.17, 15) is 4.39 Å². The van der Waals surface area contributed by atoms with Crippen LogP contribution in [0.4, 0.5) is 4.39 Å². The Balaban J connectivity index is 2.48. The zero-order valence-electron chi connectivity index (χ0n) is 7.37. The van der Waals surface area contributed by atoms with E-state index in [0.29, 0.717) is 4.47 Å². The van der Waals surface area contributed by atoms with E-state index in [1.54, 1.807) is 12.1 Å². The zero-order valence-corrected chi connectivity index (χ0v) is 8.96. The second-order valence-corrected chi connectivity index (χ2v) is 3.85. The highest BCUT2D eigenvalue weighted by Gasteiger charge is 2.01. The lowest BCUT2D eigenvalue weighted by Gasteiger charge is -2.02. The van der Waals surface area contributed by atoms with Crippen LogP contribution in [-0.2, 0) is 0 Å². The van der Waals surface area contributed by atoms with Gasteiger partial charge in [-0.15, -0.1) is 0 Å². The summed E-state index contributed by atoms with van der Waals surface area (Å²) in [6.45, 7) is 0. The van der Waals surface area contributed by atoms with Crippen LogP contribution in [0.15, 0.2) is 53.0 Å². The van der Waals surface area contributed by atoms with E-state index in [2.05, 4.69) is 15.9 Å². The molecule has 2 aromatic rings. The molecule has 0 atom stereocenters. The number of halogens is 2. The predicted octanol–water partition coefficient (Wildman–Crippen LogP) is 4.26. The third-order valence-corrected chi connectivity index (χ3v) is 2.63. The standard InChI is InChI=1S/C12H8BrF/c13-11-8-10(6-7-12(11)14)9-4-2-1-3-5-9/h1-8H. The van der Waals surface area contributed by atoms with Gasteiger partial charge in [0.15, 0.2) is 0 Å². The second-order valence-electron chi connectivity index (χ2n) is 2.99. The molecule has 0 nitrogen and oxygen atoms in total. The minimum atomic E-state index is -0.232. The molecule has 0 aliphatic heterocycles. The number of hydrogen-bond donors (Lipinski definition) is 0. The van der Waals surface area contributed by atoms with Gasteiger partial charge in [-0.3, -0.25) is 0 Å². The minimum absolute atomic E-state index is 0.232. The van der Waals surface area contributed by atoms with Crippen LogP contribution in [-0.4, -0.2) is 0 Å². The monoisotopic (exact) mass is 250 g/mol. The fourth-order valence-corrected chi connectivity index (χ4v) is 1.69. The lowest BCUT2D eigenvalue weighted by molar-refractivity contribution is 0.621. The molecule has 2 aromatic carbocycles. The molecule has 70 valence electrons. The molecular formula is C12H8BrF. The van der Waals surface area contributed by atoms with Gasteiger partial charge in [0.05, 0.1) is 4.47 Å². The SMILES string of the molecule is Fc1ccc(-c2ccccc2)cc1Br. The molecule has 0 amide bonds. The van der Waals surface area contributed by atoms with Crippen LogP contribution >= 0.6 is 15.9 Å². The Bertz CT molecular complexity index is 437. The largest absolute Gasteiger partial charge is 0.206 e. The van der Waals surface area contributed by atoms with Crippen molar-refractivity contribution < 1.29 is 4.39 Å². The summed E-state index contributed by atoms with van der Waals surface area (Å²) in [6, 6.07) is 14.9. The fraction of sp³-hybridized carbons (Fsp3) is 0. The molecule has 0 bridgehead atoms. The average molecular weight is 251 g/mol. The zero-order chi connectivity index (χ0) is 9.97. The van der Waals surface area contributed by atoms with E-state index in [4.69, 9.17) is 0 Å². The van der Waals surface area contributed by atoms with Gasteiger partial charge in [0.2, 0.25) is 0 Å². The molecule has 0 aliphatic rings. The van der Waals surface area contributed by atoms with Gasteiger partial charge >= 0.3 is 0 Å². The first-order valence-corrected chi connectivity index (χ1v) is 5.07. The molecule has 2 rings (SSSR count). The number of rotatable bonds is 1. The average Bonchev–Trinajstić information content (AvgIpc) is 2.23. The summed E-state index contributed by atoms with van der Waals surface area (Å²) in [5.41, 5.74) is 2.10. The van der Waals surface area contributed by atoms with Crippen molar-refractivity contribution in [2.24, 2.45) is 0 Å². The summed E-state index contributed by atoms with van der Waals surface area (Å²) < 4.78 is 13.5. The first-order valence-electron chi connectivity index (χ1n) is 4.28. The van der Waals surface area contributed by atoms with Crippen molar-refractivity contribution in [2.45, 2.75) is 0 Å². The Morgan fingerprint density at radius 1 is 0.857 bits per heavy atom. The van der Waals surface area contributed by atoms with Crippen LogP contribution in [0.2, 0.25) is 0 Å². The Morgan fingerprint density at radius 2 is 1.57 bits per heavy atom. The topological polar surface area (TPSA) is 0 Å². The van der Waals surface area contributed by atoms with Crippen LogP contribution in [0.3, 0.4) is 0 Å². The van der Waals surface area contributed by atoms with Gasteiger partial charge in [-0.25, -0.2) is 4.39 Å². The summed E-state index contributed by atoms with van der Waals surface area (Å²) in [4.78, 5) is 0. The first kappa shape index (κ1) is 9.41. The number of benzene rings is 2. The van der Waals surface area contributed by atoms with E-state index >= 15 is 0 Å². The van der Waals surface area contributed by atoms with Crippen molar-refractivity contribution in [1.29, 1.82) is 0 Å². The molecule has 0 fully saturated rings. The van der Waals surface area contributed by atoms with Gasteiger partial charge in [0, 0.05) is 0 Å². The van der Waals surface area contributed by atoms with E-state index in [-0.39, 0.29) is 5.82 Å². The van der Waals surface area contributed by atoms with E-state index in [1.807, 2.05) is 30.3 Å². The number of hydrogen-bond acceptors (Lipinski definition) is 0. The molecule has 14 heavy (non-hydrogen) atoms. The van der Waals surface area contributed by atoms with Crippen molar-refractivity contribution in [1.82, 2.24) is 0 Å². The molecular weight excluding hydrogens is 243 g/mol. The molecule has 0 saturated heterocycles. The van der Waals surface area contributed by atoms with Gasteiger partial charge in [-0.1, -0.05) is 36.4 Å². The van der Waals surface area contributed by atoms with Gasteiger partial charge in [0.1, 0.15) is 5.82 Å². The molecule has 0 spiro atoms. The van der Waals surface area contributed by atoms with Crippen LogP contribution in [0.25, 0.3) is 11.1 Å². The Labute approximate surface area is 90.5 Å². The second kappa shape index (κ2) is 3.93. The molecule has 0 N–H and O–H groups in total. The smallest absolute Gasteiger partial charge is 0.137 e. The normalized spacial score (nSPS) is 10.1. The van der Waals surface area contributed by atoms with E-state index < -0.39 is 0 Å². The lowest BCUT2D eigenvalue weighted by atomic mass is 10.1. The molecule has 0 saturated carbocycles. The maximum absolute atomic E-state index is 13.0. The van der Waals surface area contributed by atoms with Crippen molar-refractivity contribution in [2.75, 3.05) is 0 Å². The van der Waals surface area contributed by atoms with Crippen molar-refractivity contribution in [3.05, 3.63) is 58.8 Å². The van der Waals surface area contributed by atoms with Gasteiger partial charge < -0.3 is 0 Å². The maximum atomic E-state index is 13.0. The molecule has 0 aliphatic carbocycles. The summed E-state index contributed by atoms with van der Waals surface area (Å²) in [7, 11) is 0. The van der Waals surface area contributed by atoms with E-state index in [0.717, 1.165) is 11.1 Å². The van der Waals surface area contributed by atoms with Crippen LogP contribution in [0, 0.1) is 5.82 Å². The highest BCUT2D eigenvalue weighted by molar-refractivity contribution is 9.10. The molecule has 0 heterocycles. The Morgan fingerprint density at radius 3 is 2.21 bits per heavy atom. The molecule has 0 unspecified atom stereocenters. The molecule has 0 aromatic heterocycles. The maximum Gasteiger partial charge on any atom is 0.137 e. The summed E-state index contributed by atoms with van der Waals surface area (Å²) >= 11 is 3.17. The Kier molecular flexibility index (Phi) is 2.64. The third-order valence-electron chi connectivity index (χ3n) is 2.03. The van der Waals surface area contributed by atoms with E-state index in [1.165, 1.54) is 6.07 Å². The van der Waals surface area contributed by atoms with Gasteiger partial charge in [-0.05, 0) is 39.2 Å². The summed E-state index contributed by atoms with van der Waals surface area (Å²) in [5, 5.41) is 0. The highest BCUT2D eigenvalue weighted by Crippen LogP contribution is 2.24. The molecule has 0 radical (unpaired) electrons. The van der Waals surface area contributed by atoms with Crippen molar-refractivity contribution >= 4 is 15.9 Å². The third kappa shape index (κ3) is 1.85.